The van der Waals surface area contributed by atoms with Crippen molar-refractivity contribution in [2.75, 3.05) is 0 Å². The molecule has 0 aliphatic carbocycles. The van der Waals surface area contributed by atoms with Crippen LogP contribution in [0.25, 0.3) is 0 Å². The molecule has 0 aromatic heterocycles. The molecule has 74 valence electrons. The molecule has 0 unspecified atom stereocenters. The molecule has 5 nitrogen and oxygen atoms in total. The van der Waals surface area contributed by atoms with Gasteiger partial charge in [0.25, 0.3) is 0 Å². The average Bonchev–Trinajstić information content (AvgIpc) is 2.15. The van der Waals surface area contributed by atoms with Gasteiger partial charge in [-0.3, -0.25) is 5.32 Å². The summed E-state index contributed by atoms with van der Waals surface area (Å²) in [5, 5.41) is 14.2. The molecule has 2 amide bonds. The molecule has 1 rings (SSSR count). The minimum absolute atomic E-state index is 0.0193. The normalized spacial score (nSPS) is 11.1. The second-order valence-electron chi connectivity index (χ2n) is 2.44. The van der Waals surface area contributed by atoms with E-state index in [0.717, 1.165) is 0 Å². The highest BCUT2D eigenvalue weighted by molar-refractivity contribution is 6.30. The van der Waals surface area contributed by atoms with E-state index in [4.69, 9.17) is 22.5 Å². The summed E-state index contributed by atoms with van der Waals surface area (Å²) in [5.41, 5.74) is 5.38. The first-order valence-electron chi connectivity index (χ1n) is 3.68. The van der Waals surface area contributed by atoms with Gasteiger partial charge in [0, 0.05) is 10.6 Å². The molecule has 0 radical (unpaired) electrons. The highest BCUT2D eigenvalue weighted by Gasteiger charge is 2.05. The summed E-state index contributed by atoms with van der Waals surface area (Å²) in [4.78, 5) is 10.5. The van der Waals surface area contributed by atoms with Gasteiger partial charge in [0.15, 0.2) is 5.84 Å². The van der Waals surface area contributed by atoms with Crippen LogP contribution in [0.5, 0.6) is 0 Å². The van der Waals surface area contributed by atoms with Crippen molar-refractivity contribution < 1.29 is 10.0 Å². The number of primary amides is 1. The average molecular weight is 214 g/mol. The van der Waals surface area contributed by atoms with Crippen molar-refractivity contribution in [1.82, 2.24) is 5.32 Å². The van der Waals surface area contributed by atoms with Crippen LogP contribution in [0.15, 0.2) is 29.4 Å². The van der Waals surface area contributed by atoms with Crippen molar-refractivity contribution in [3.8, 4) is 0 Å². The lowest BCUT2D eigenvalue weighted by Crippen LogP contribution is -2.35. The lowest BCUT2D eigenvalue weighted by atomic mass is 10.2. The largest absolute Gasteiger partial charge is 0.409 e. The zero-order valence-corrected chi connectivity index (χ0v) is 7.82. The van der Waals surface area contributed by atoms with Crippen molar-refractivity contribution in [2.45, 2.75) is 0 Å². The van der Waals surface area contributed by atoms with Crippen molar-refractivity contribution in [3.63, 3.8) is 0 Å². The molecule has 1 aromatic rings. The third-order valence-electron chi connectivity index (χ3n) is 1.46. The summed E-state index contributed by atoms with van der Waals surface area (Å²) < 4.78 is 0. The van der Waals surface area contributed by atoms with Crippen LogP contribution in [0.2, 0.25) is 5.02 Å². The number of amides is 2. The number of amidine groups is 1. The summed E-state index contributed by atoms with van der Waals surface area (Å²) in [6, 6.07) is 5.59. The summed E-state index contributed by atoms with van der Waals surface area (Å²) in [6.07, 6.45) is 0. The molecular weight excluding hydrogens is 206 g/mol. The molecule has 4 N–H and O–H groups in total. The van der Waals surface area contributed by atoms with Gasteiger partial charge in [0.2, 0.25) is 0 Å². The van der Waals surface area contributed by atoms with E-state index in [9.17, 15) is 4.79 Å². The van der Waals surface area contributed by atoms with Crippen LogP contribution in [-0.4, -0.2) is 17.1 Å². The molecule has 1 aromatic carbocycles. The summed E-state index contributed by atoms with van der Waals surface area (Å²) >= 11 is 5.65. The topological polar surface area (TPSA) is 87.7 Å². The second kappa shape index (κ2) is 4.48. The maximum Gasteiger partial charge on any atom is 0.317 e. The van der Waals surface area contributed by atoms with Crippen LogP contribution in [-0.2, 0) is 0 Å². The lowest BCUT2D eigenvalue weighted by Gasteiger charge is -2.03. The molecule has 0 fully saturated rings. The van der Waals surface area contributed by atoms with E-state index in [1.165, 1.54) is 0 Å². The number of hydrogen-bond donors (Lipinski definition) is 3. The summed E-state index contributed by atoms with van der Waals surface area (Å²) in [7, 11) is 0. The Morgan fingerprint density at radius 1 is 1.43 bits per heavy atom. The Morgan fingerprint density at radius 2 is 2.00 bits per heavy atom. The number of nitrogens with two attached hydrogens (primary N) is 1. The Hall–Kier alpha value is -1.75. The van der Waals surface area contributed by atoms with Crippen molar-refractivity contribution >= 4 is 23.5 Å². The minimum atomic E-state index is -0.798. The molecule has 0 saturated heterocycles. The third kappa shape index (κ3) is 2.63. The van der Waals surface area contributed by atoms with Crippen LogP contribution in [0.3, 0.4) is 0 Å². The zero-order valence-electron chi connectivity index (χ0n) is 7.07. The van der Waals surface area contributed by atoms with Crippen LogP contribution in [0.4, 0.5) is 4.79 Å². The summed E-state index contributed by atoms with van der Waals surface area (Å²) in [5.74, 6) is -0.0193. The van der Waals surface area contributed by atoms with E-state index in [2.05, 4.69) is 10.5 Å². The first kappa shape index (κ1) is 10.3. The van der Waals surface area contributed by atoms with Gasteiger partial charge in [-0.05, 0) is 24.3 Å². The monoisotopic (exact) mass is 213 g/mol. The number of rotatable bonds is 1. The molecule has 6 heteroatoms. The number of halogens is 1. The number of benzene rings is 1. The van der Waals surface area contributed by atoms with E-state index in [1.54, 1.807) is 24.3 Å². The molecular formula is C8H8ClN3O2. The number of oxime groups is 1. The van der Waals surface area contributed by atoms with Crippen LogP contribution in [0.1, 0.15) is 5.56 Å². The fraction of sp³-hybridized carbons (Fsp3) is 0. The van der Waals surface area contributed by atoms with Gasteiger partial charge < -0.3 is 10.9 Å². The minimum Gasteiger partial charge on any atom is -0.409 e. The first-order valence-corrected chi connectivity index (χ1v) is 4.05. The van der Waals surface area contributed by atoms with Gasteiger partial charge in [0.05, 0.1) is 0 Å². The predicted octanol–water partition coefficient (Wildman–Crippen LogP) is 1.14. The number of hydrogen-bond acceptors (Lipinski definition) is 3. The molecule has 0 aliphatic heterocycles. The van der Waals surface area contributed by atoms with Crippen molar-refractivity contribution in [2.24, 2.45) is 10.9 Å². The molecule has 0 atom stereocenters. The SMILES string of the molecule is NC(=O)NC(=NO)c1ccc(Cl)cc1. The fourth-order valence-electron chi connectivity index (χ4n) is 0.879. The maximum absolute atomic E-state index is 10.5. The Kier molecular flexibility index (Phi) is 3.30. The van der Waals surface area contributed by atoms with Gasteiger partial charge >= 0.3 is 6.03 Å². The van der Waals surface area contributed by atoms with E-state index in [1.807, 2.05) is 0 Å². The summed E-state index contributed by atoms with van der Waals surface area (Å²) in [6.45, 7) is 0. The smallest absolute Gasteiger partial charge is 0.317 e. The quantitative estimate of drug-likeness (QED) is 0.283. The third-order valence-corrected chi connectivity index (χ3v) is 1.71. The Balaban J connectivity index is 2.91. The molecule has 0 aliphatic rings. The number of carbonyl (C=O) groups is 1. The highest BCUT2D eigenvalue weighted by Crippen LogP contribution is 2.09. The van der Waals surface area contributed by atoms with E-state index in [-0.39, 0.29) is 5.84 Å². The van der Waals surface area contributed by atoms with Gasteiger partial charge in [0.1, 0.15) is 0 Å². The van der Waals surface area contributed by atoms with Gasteiger partial charge in [-0.1, -0.05) is 16.8 Å². The maximum atomic E-state index is 10.5. The molecule has 14 heavy (non-hydrogen) atoms. The van der Waals surface area contributed by atoms with Crippen LogP contribution < -0.4 is 11.1 Å². The molecule has 0 saturated carbocycles. The number of carbonyl (C=O) groups excluding carboxylic acids is 1. The van der Waals surface area contributed by atoms with Crippen LogP contribution >= 0.6 is 11.6 Å². The Morgan fingerprint density at radius 3 is 2.43 bits per heavy atom. The van der Waals surface area contributed by atoms with Gasteiger partial charge in [-0.15, -0.1) is 0 Å². The number of nitrogens with one attached hydrogen (secondary N) is 1. The first-order chi connectivity index (χ1) is 6.63. The molecule has 0 bridgehead atoms. The van der Waals surface area contributed by atoms with Crippen molar-refractivity contribution in [3.05, 3.63) is 34.9 Å². The lowest BCUT2D eigenvalue weighted by molar-refractivity contribution is 0.252. The molecule has 0 heterocycles. The molecule has 0 spiro atoms. The highest BCUT2D eigenvalue weighted by atomic mass is 35.5. The van der Waals surface area contributed by atoms with E-state index < -0.39 is 6.03 Å². The fourth-order valence-corrected chi connectivity index (χ4v) is 1.01. The Labute approximate surface area is 85.2 Å². The van der Waals surface area contributed by atoms with Crippen molar-refractivity contribution in [1.29, 1.82) is 0 Å². The van der Waals surface area contributed by atoms with E-state index >= 15 is 0 Å². The second-order valence-corrected chi connectivity index (χ2v) is 2.88. The standard InChI is InChI=1S/C8H8ClN3O2/c9-6-3-1-5(2-4-6)7(12-14)11-8(10)13/h1-4,14H,(H3,10,11,12,13). The van der Waals surface area contributed by atoms with Gasteiger partial charge in [-0.25, -0.2) is 4.79 Å². The van der Waals surface area contributed by atoms with E-state index in [0.29, 0.717) is 10.6 Å². The number of nitrogens with zero attached hydrogens (tertiary/aromatic N) is 1. The van der Waals surface area contributed by atoms with Gasteiger partial charge in [-0.2, -0.15) is 0 Å². The Bertz CT molecular complexity index is 361. The number of urea groups is 1. The van der Waals surface area contributed by atoms with Crippen LogP contribution in [0, 0.1) is 0 Å². The zero-order chi connectivity index (χ0) is 10.6. The predicted molar refractivity (Wildman–Crippen MR) is 52.5 cm³/mol.